The van der Waals surface area contributed by atoms with Gasteiger partial charge >= 0.3 is 0 Å². The highest BCUT2D eigenvalue weighted by molar-refractivity contribution is 5.78. The molecule has 1 heterocycles. The molecule has 1 rings (SSSR count). The number of ether oxygens (including phenoxy) is 1. The van der Waals surface area contributed by atoms with E-state index in [4.69, 9.17) is 4.74 Å². The molecule has 1 saturated heterocycles. The first-order valence-electron chi connectivity index (χ1n) is 7.55. The fraction of sp³-hybridized carbons (Fsp3) is 0.933. The predicted molar refractivity (Wildman–Crippen MR) is 78.1 cm³/mol. The predicted octanol–water partition coefficient (Wildman–Crippen LogP) is 1.90. The first-order valence-corrected chi connectivity index (χ1v) is 7.55. The molecule has 1 amide bonds. The minimum atomic E-state index is 0.240. The third kappa shape index (κ3) is 5.49. The number of likely N-dealkylation sites (tertiary alicyclic amines) is 1. The molecule has 2 atom stereocenters. The van der Waals surface area contributed by atoms with Gasteiger partial charge in [0.25, 0.3) is 0 Å². The highest BCUT2D eigenvalue weighted by Crippen LogP contribution is 2.25. The van der Waals surface area contributed by atoms with Crippen molar-refractivity contribution in [2.45, 2.75) is 46.1 Å². The van der Waals surface area contributed by atoms with Crippen LogP contribution in [0.25, 0.3) is 0 Å². The smallest absolute Gasteiger partial charge is 0.236 e. The van der Waals surface area contributed by atoms with Crippen molar-refractivity contribution in [3.63, 3.8) is 0 Å². The molecule has 1 N–H and O–H groups in total. The van der Waals surface area contributed by atoms with Gasteiger partial charge in [-0.1, -0.05) is 20.8 Å². The van der Waals surface area contributed by atoms with Crippen LogP contribution in [-0.2, 0) is 9.53 Å². The van der Waals surface area contributed by atoms with Crippen LogP contribution in [-0.4, -0.2) is 50.2 Å². The summed E-state index contributed by atoms with van der Waals surface area (Å²) in [6.45, 7) is 9.47. The van der Waals surface area contributed by atoms with Gasteiger partial charge in [-0.2, -0.15) is 0 Å². The molecule has 0 aromatic carbocycles. The SMILES string of the molecule is COCCNCC(=O)N1CCC(C)CCC1C(C)C. The monoisotopic (exact) mass is 270 g/mol. The van der Waals surface area contributed by atoms with Gasteiger partial charge in [0.15, 0.2) is 0 Å². The number of methoxy groups -OCH3 is 1. The number of carbonyl (C=O) groups is 1. The summed E-state index contributed by atoms with van der Waals surface area (Å²) in [5, 5.41) is 3.16. The van der Waals surface area contributed by atoms with Gasteiger partial charge in [-0.3, -0.25) is 4.79 Å². The molecule has 0 aliphatic carbocycles. The first kappa shape index (κ1) is 16.4. The molecule has 0 radical (unpaired) electrons. The summed E-state index contributed by atoms with van der Waals surface area (Å²) in [4.78, 5) is 14.5. The Hall–Kier alpha value is -0.610. The Bertz CT molecular complexity index is 269. The zero-order chi connectivity index (χ0) is 14.3. The lowest BCUT2D eigenvalue weighted by Crippen LogP contribution is -2.46. The minimum absolute atomic E-state index is 0.240. The van der Waals surface area contributed by atoms with E-state index < -0.39 is 0 Å². The lowest BCUT2D eigenvalue weighted by atomic mass is 9.95. The number of nitrogens with zero attached hydrogens (tertiary/aromatic N) is 1. The molecule has 1 fully saturated rings. The summed E-state index contributed by atoms with van der Waals surface area (Å²) in [7, 11) is 1.68. The van der Waals surface area contributed by atoms with Crippen LogP contribution in [0.15, 0.2) is 0 Å². The zero-order valence-corrected chi connectivity index (χ0v) is 12.9. The standard InChI is InChI=1S/C15H30N2O2/c1-12(2)14-6-5-13(3)7-9-17(14)15(18)11-16-8-10-19-4/h12-14,16H,5-11H2,1-4H3. The Morgan fingerprint density at radius 1 is 1.37 bits per heavy atom. The third-order valence-corrected chi connectivity index (χ3v) is 4.07. The lowest BCUT2D eigenvalue weighted by Gasteiger charge is -2.33. The molecular formula is C15H30N2O2. The topological polar surface area (TPSA) is 41.6 Å². The molecule has 0 aromatic heterocycles. The third-order valence-electron chi connectivity index (χ3n) is 4.07. The fourth-order valence-corrected chi connectivity index (χ4v) is 2.75. The van der Waals surface area contributed by atoms with E-state index in [1.807, 2.05) is 0 Å². The van der Waals surface area contributed by atoms with Crippen molar-refractivity contribution in [1.29, 1.82) is 0 Å². The number of hydrogen-bond donors (Lipinski definition) is 1. The fourth-order valence-electron chi connectivity index (χ4n) is 2.75. The summed E-state index contributed by atoms with van der Waals surface area (Å²) in [6.07, 6.45) is 3.51. The second-order valence-corrected chi connectivity index (χ2v) is 6.04. The van der Waals surface area contributed by atoms with Crippen LogP contribution in [0.1, 0.15) is 40.0 Å². The summed E-state index contributed by atoms with van der Waals surface area (Å²) in [5.41, 5.74) is 0. The van der Waals surface area contributed by atoms with E-state index in [1.165, 1.54) is 6.42 Å². The number of amides is 1. The van der Waals surface area contributed by atoms with E-state index in [1.54, 1.807) is 7.11 Å². The molecule has 0 spiro atoms. The van der Waals surface area contributed by atoms with Crippen molar-refractivity contribution in [2.75, 3.05) is 33.4 Å². The maximum absolute atomic E-state index is 12.4. The van der Waals surface area contributed by atoms with Gasteiger partial charge in [0, 0.05) is 26.2 Å². The van der Waals surface area contributed by atoms with Gasteiger partial charge in [0.05, 0.1) is 13.2 Å². The number of hydrogen-bond acceptors (Lipinski definition) is 3. The minimum Gasteiger partial charge on any atom is -0.383 e. The average molecular weight is 270 g/mol. The second-order valence-electron chi connectivity index (χ2n) is 6.04. The van der Waals surface area contributed by atoms with Gasteiger partial charge in [0.2, 0.25) is 5.91 Å². The van der Waals surface area contributed by atoms with Crippen molar-refractivity contribution in [2.24, 2.45) is 11.8 Å². The Morgan fingerprint density at radius 3 is 2.74 bits per heavy atom. The van der Waals surface area contributed by atoms with Crippen LogP contribution in [0.3, 0.4) is 0 Å². The van der Waals surface area contributed by atoms with Crippen LogP contribution in [0.4, 0.5) is 0 Å². The van der Waals surface area contributed by atoms with Gasteiger partial charge in [-0.25, -0.2) is 0 Å². The van der Waals surface area contributed by atoms with Crippen LogP contribution in [0.5, 0.6) is 0 Å². The molecule has 0 aromatic rings. The highest BCUT2D eigenvalue weighted by atomic mass is 16.5. The second kappa shape index (κ2) is 8.54. The number of carbonyl (C=O) groups excluding carboxylic acids is 1. The van der Waals surface area contributed by atoms with Gasteiger partial charge in [0.1, 0.15) is 0 Å². The quantitative estimate of drug-likeness (QED) is 0.750. The summed E-state index contributed by atoms with van der Waals surface area (Å²) < 4.78 is 4.98. The largest absolute Gasteiger partial charge is 0.383 e. The molecule has 0 bridgehead atoms. The van der Waals surface area contributed by atoms with E-state index in [-0.39, 0.29) is 5.91 Å². The van der Waals surface area contributed by atoms with Gasteiger partial charge in [-0.05, 0) is 31.1 Å². The van der Waals surface area contributed by atoms with Crippen molar-refractivity contribution < 1.29 is 9.53 Å². The van der Waals surface area contributed by atoms with Crippen LogP contribution < -0.4 is 5.32 Å². The Morgan fingerprint density at radius 2 is 2.11 bits per heavy atom. The normalized spacial score (nSPS) is 24.6. The van der Waals surface area contributed by atoms with E-state index in [9.17, 15) is 4.79 Å². The lowest BCUT2D eigenvalue weighted by molar-refractivity contribution is -0.133. The Balaban J connectivity index is 2.51. The maximum Gasteiger partial charge on any atom is 0.236 e. The molecule has 4 heteroatoms. The molecular weight excluding hydrogens is 240 g/mol. The van der Waals surface area contributed by atoms with Crippen LogP contribution in [0.2, 0.25) is 0 Å². The first-order chi connectivity index (χ1) is 9.06. The molecule has 0 saturated carbocycles. The average Bonchev–Trinajstić information content (AvgIpc) is 2.56. The van der Waals surface area contributed by atoms with E-state index in [2.05, 4.69) is 31.0 Å². The zero-order valence-electron chi connectivity index (χ0n) is 12.9. The van der Waals surface area contributed by atoms with Crippen molar-refractivity contribution in [3.8, 4) is 0 Å². The van der Waals surface area contributed by atoms with Crippen LogP contribution in [0, 0.1) is 11.8 Å². The summed E-state index contributed by atoms with van der Waals surface area (Å²) in [5.74, 6) is 1.51. The number of nitrogens with one attached hydrogen (secondary N) is 1. The molecule has 2 unspecified atom stereocenters. The van der Waals surface area contributed by atoms with Crippen molar-refractivity contribution in [1.82, 2.24) is 10.2 Å². The Kier molecular flexibility index (Phi) is 7.39. The van der Waals surface area contributed by atoms with Crippen molar-refractivity contribution in [3.05, 3.63) is 0 Å². The molecule has 1 aliphatic rings. The summed E-state index contributed by atoms with van der Waals surface area (Å²) in [6, 6.07) is 0.404. The van der Waals surface area contributed by atoms with Gasteiger partial charge in [-0.15, -0.1) is 0 Å². The molecule has 1 aliphatic heterocycles. The Labute approximate surface area is 117 Å². The van der Waals surface area contributed by atoms with Gasteiger partial charge < -0.3 is 15.0 Å². The van der Waals surface area contributed by atoms with E-state index in [0.29, 0.717) is 25.1 Å². The highest BCUT2D eigenvalue weighted by Gasteiger charge is 2.28. The van der Waals surface area contributed by atoms with Crippen LogP contribution >= 0.6 is 0 Å². The maximum atomic E-state index is 12.4. The number of rotatable bonds is 6. The molecule has 4 nitrogen and oxygen atoms in total. The summed E-state index contributed by atoms with van der Waals surface area (Å²) >= 11 is 0. The van der Waals surface area contributed by atoms with E-state index in [0.717, 1.165) is 31.8 Å². The molecule has 112 valence electrons. The van der Waals surface area contributed by atoms with E-state index >= 15 is 0 Å². The molecule has 19 heavy (non-hydrogen) atoms. The van der Waals surface area contributed by atoms with Crippen molar-refractivity contribution >= 4 is 5.91 Å².